The van der Waals surface area contributed by atoms with E-state index in [1.807, 2.05) is 18.2 Å². The van der Waals surface area contributed by atoms with Crippen molar-refractivity contribution < 1.29 is 23.9 Å². The van der Waals surface area contributed by atoms with Crippen molar-refractivity contribution in [2.45, 2.75) is 13.0 Å². The van der Waals surface area contributed by atoms with Crippen molar-refractivity contribution in [3.05, 3.63) is 71.8 Å². The minimum absolute atomic E-state index is 0.197. The van der Waals surface area contributed by atoms with Gasteiger partial charge < -0.3 is 19.3 Å². The number of carbonyl (C=O) groups is 3. The molecule has 0 bridgehead atoms. The molecule has 31 heavy (non-hydrogen) atoms. The molecule has 0 N–H and O–H groups in total. The fourth-order valence-corrected chi connectivity index (χ4v) is 3.36. The summed E-state index contributed by atoms with van der Waals surface area (Å²) in [7, 11) is 1.32. The lowest BCUT2D eigenvalue weighted by atomic mass is 10.1. The maximum absolute atomic E-state index is 12.6. The Bertz CT molecular complexity index is 932. The second kappa shape index (κ2) is 10.4. The highest BCUT2D eigenvalue weighted by atomic mass is 16.5. The smallest absolute Gasteiger partial charge is 0.337 e. The molecule has 2 aromatic rings. The Labute approximate surface area is 181 Å². The number of amides is 1. The molecule has 7 heteroatoms. The maximum Gasteiger partial charge on any atom is 0.337 e. The summed E-state index contributed by atoms with van der Waals surface area (Å²) < 4.78 is 9.92. The van der Waals surface area contributed by atoms with Crippen LogP contribution in [-0.2, 0) is 19.1 Å². The fraction of sp³-hybridized carbons (Fsp3) is 0.292. The Hall–Kier alpha value is -3.61. The van der Waals surface area contributed by atoms with E-state index in [0.717, 1.165) is 24.3 Å². The van der Waals surface area contributed by atoms with E-state index in [2.05, 4.69) is 21.8 Å². The standard InChI is InChI=1S/C24H26N2O5/c1-18(23(28)26-16-14-25(15-17-26)21-6-4-3-5-7-21)31-22(27)13-10-19-8-11-20(12-9-19)24(29)30-2/h3-13,18H,14-17H2,1-2H3/b13-10+/t18-/m1/s1. The number of esters is 2. The molecule has 2 aromatic carbocycles. The van der Waals surface area contributed by atoms with Crippen LogP contribution in [0.4, 0.5) is 5.69 Å². The van der Waals surface area contributed by atoms with Crippen LogP contribution in [0.2, 0.25) is 0 Å². The van der Waals surface area contributed by atoms with Gasteiger partial charge in [-0.3, -0.25) is 4.79 Å². The summed E-state index contributed by atoms with van der Waals surface area (Å²) in [6.45, 7) is 4.22. The van der Waals surface area contributed by atoms with Crippen molar-refractivity contribution in [3.8, 4) is 0 Å². The third-order valence-electron chi connectivity index (χ3n) is 5.10. The zero-order chi connectivity index (χ0) is 22.2. The van der Waals surface area contributed by atoms with Gasteiger partial charge in [0.1, 0.15) is 0 Å². The van der Waals surface area contributed by atoms with Crippen LogP contribution in [-0.4, -0.2) is 62.1 Å². The molecule has 1 aliphatic rings. The number of carbonyl (C=O) groups excluding carboxylic acids is 3. The summed E-state index contributed by atoms with van der Waals surface area (Å²) in [5.41, 5.74) is 2.29. The lowest BCUT2D eigenvalue weighted by Crippen LogP contribution is -2.51. The molecule has 0 aromatic heterocycles. The first-order valence-corrected chi connectivity index (χ1v) is 10.1. The first-order valence-electron chi connectivity index (χ1n) is 10.1. The van der Waals surface area contributed by atoms with Crippen LogP contribution in [0.3, 0.4) is 0 Å². The van der Waals surface area contributed by atoms with Crippen molar-refractivity contribution in [2.24, 2.45) is 0 Å². The summed E-state index contributed by atoms with van der Waals surface area (Å²) >= 11 is 0. The van der Waals surface area contributed by atoms with Crippen LogP contribution in [0.5, 0.6) is 0 Å². The average Bonchev–Trinajstić information content (AvgIpc) is 2.82. The number of para-hydroxylation sites is 1. The van der Waals surface area contributed by atoms with E-state index in [-0.39, 0.29) is 5.91 Å². The summed E-state index contributed by atoms with van der Waals surface area (Å²) in [5.74, 6) is -1.22. The van der Waals surface area contributed by atoms with E-state index in [1.165, 1.54) is 13.2 Å². The number of hydrogen-bond donors (Lipinski definition) is 0. The molecule has 3 rings (SSSR count). The Morgan fingerprint density at radius 2 is 1.58 bits per heavy atom. The average molecular weight is 422 g/mol. The Kier molecular flexibility index (Phi) is 7.43. The van der Waals surface area contributed by atoms with Gasteiger partial charge in [-0.05, 0) is 42.8 Å². The molecule has 1 aliphatic heterocycles. The predicted molar refractivity (Wildman–Crippen MR) is 118 cm³/mol. The second-order valence-corrected chi connectivity index (χ2v) is 7.17. The van der Waals surface area contributed by atoms with Crippen LogP contribution in [0, 0.1) is 0 Å². The number of anilines is 1. The first-order chi connectivity index (χ1) is 15.0. The number of methoxy groups -OCH3 is 1. The summed E-state index contributed by atoms with van der Waals surface area (Å²) in [6, 6.07) is 16.7. The molecule has 7 nitrogen and oxygen atoms in total. The number of hydrogen-bond acceptors (Lipinski definition) is 6. The molecule has 0 radical (unpaired) electrons. The molecule has 1 saturated heterocycles. The second-order valence-electron chi connectivity index (χ2n) is 7.17. The van der Waals surface area contributed by atoms with Crippen molar-refractivity contribution in [3.63, 3.8) is 0 Å². The summed E-state index contributed by atoms with van der Waals surface area (Å²) in [6.07, 6.45) is 1.98. The molecule has 0 saturated carbocycles. The van der Waals surface area contributed by atoms with Crippen LogP contribution in [0.1, 0.15) is 22.8 Å². The van der Waals surface area contributed by atoms with Crippen molar-refractivity contribution in [2.75, 3.05) is 38.2 Å². The predicted octanol–water partition coefficient (Wildman–Crippen LogP) is 2.77. The highest BCUT2D eigenvalue weighted by Crippen LogP contribution is 2.16. The number of piperazine rings is 1. The third-order valence-corrected chi connectivity index (χ3v) is 5.10. The van der Waals surface area contributed by atoms with Crippen molar-refractivity contribution in [1.82, 2.24) is 4.90 Å². The minimum Gasteiger partial charge on any atom is -0.465 e. The van der Waals surface area contributed by atoms with E-state index < -0.39 is 18.0 Å². The Morgan fingerprint density at radius 3 is 2.19 bits per heavy atom. The van der Waals surface area contributed by atoms with Crippen molar-refractivity contribution >= 4 is 29.6 Å². The zero-order valence-corrected chi connectivity index (χ0v) is 17.7. The number of nitrogens with zero attached hydrogens (tertiary/aromatic N) is 2. The highest BCUT2D eigenvalue weighted by molar-refractivity contribution is 5.91. The van der Waals surface area contributed by atoms with Gasteiger partial charge >= 0.3 is 11.9 Å². The lowest BCUT2D eigenvalue weighted by molar-refractivity contribution is -0.155. The lowest BCUT2D eigenvalue weighted by Gasteiger charge is -2.36. The third kappa shape index (κ3) is 5.94. The van der Waals surface area contributed by atoms with Gasteiger partial charge in [0.15, 0.2) is 6.10 Å². The number of benzene rings is 2. The van der Waals surface area contributed by atoms with Crippen LogP contribution in [0.15, 0.2) is 60.7 Å². The van der Waals surface area contributed by atoms with E-state index in [4.69, 9.17) is 4.74 Å². The van der Waals surface area contributed by atoms with Gasteiger partial charge in [0.05, 0.1) is 12.7 Å². The summed E-state index contributed by atoms with van der Waals surface area (Å²) in [5, 5.41) is 0. The molecule has 1 amide bonds. The topological polar surface area (TPSA) is 76.2 Å². The van der Waals surface area contributed by atoms with Gasteiger partial charge in [-0.15, -0.1) is 0 Å². The molecule has 0 unspecified atom stereocenters. The first kappa shape index (κ1) is 22.1. The SMILES string of the molecule is COC(=O)c1ccc(/C=C/C(=O)O[C@H](C)C(=O)N2CCN(c3ccccc3)CC2)cc1. The molecule has 1 heterocycles. The van der Waals surface area contributed by atoms with Crippen LogP contribution < -0.4 is 4.90 Å². The molecular formula is C24H26N2O5. The molecule has 0 aliphatic carbocycles. The molecular weight excluding hydrogens is 396 g/mol. The van der Waals surface area contributed by atoms with E-state index >= 15 is 0 Å². The fourth-order valence-electron chi connectivity index (χ4n) is 3.36. The van der Waals surface area contributed by atoms with Gasteiger partial charge in [0.2, 0.25) is 0 Å². The molecule has 1 fully saturated rings. The van der Waals surface area contributed by atoms with Gasteiger partial charge in [-0.25, -0.2) is 9.59 Å². The van der Waals surface area contributed by atoms with Gasteiger partial charge in [-0.2, -0.15) is 0 Å². The number of ether oxygens (including phenoxy) is 2. The maximum atomic E-state index is 12.6. The van der Waals surface area contributed by atoms with E-state index in [0.29, 0.717) is 18.7 Å². The Balaban J connectivity index is 1.47. The molecule has 1 atom stereocenters. The molecule has 0 spiro atoms. The van der Waals surface area contributed by atoms with Gasteiger partial charge in [-0.1, -0.05) is 30.3 Å². The quantitative estimate of drug-likeness (QED) is 0.526. The van der Waals surface area contributed by atoms with E-state index in [9.17, 15) is 14.4 Å². The van der Waals surface area contributed by atoms with Gasteiger partial charge in [0.25, 0.3) is 5.91 Å². The molecule has 162 valence electrons. The summed E-state index contributed by atoms with van der Waals surface area (Å²) in [4.78, 5) is 40.2. The Morgan fingerprint density at radius 1 is 0.935 bits per heavy atom. The monoisotopic (exact) mass is 422 g/mol. The zero-order valence-electron chi connectivity index (χ0n) is 17.7. The van der Waals surface area contributed by atoms with Crippen molar-refractivity contribution in [1.29, 1.82) is 0 Å². The van der Waals surface area contributed by atoms with Gasteiger partial charge in [0, 0.05) is 37.9 Å². The normalized spacial score (nSPS) is 14.9. The minimum atomic E-state index is -0.859. The van der Waals surface area contributed by atoms with Crippen LogP contribution >= 0.6 is 0 Å². The van der Waals surface area contributed by atoms with E-state index in [1.54, 1.807) is 42.2 Å². The largest absolute Gasteiger partial charge is 0.465 e. The van der Waals surface area contributed by atoms with Crippen LogP contribution in [0.25, 0.3) is 6.08 Å². The number of rotatable bonds is 6. The highest BCUT2D eigenvalue weighted by Gasteiger charge is 2.26.